The predicted molar refractivity (Wildman–Crippen MR) is 68.8 cm³/mol. The fourth-order valence-electron chi connectivity index (χ4n) is 1.80. The maximum absolute atomic E-state index is 12.0. The number of fused-ring (bicyclic) bond motifs is 1. The van der Waals surface area contributed by atoms with E-state index in [4.69, 9.17) is 16.3 Å². The molecule has 0 spiro atoms. The summed E-state index contributed by atoms with van der Waals surface area (Å²) < 4.78 is 5.71. The van der Waals surface area contributed by atoms with Gasteiger partial charge in [0.25, 0.3) is 0 Å². The summed E-state index contributed by atoms with van der Waals surface area (Å²) in [7, 11) is 0. The number of aryl methyl sites for hydroxylation is 1. The summed E-state index contributed by atoms with van der Waals surface area (Å²) in [5.41, 5.74) is 1.96. The molecule has 0 radical (unpaired) electrons. The third-order valence-corrected chi connectivity index (χ3v) is 3.67. The summed E-state index contributed by atoms with van der Waals surface area (Å²) in [5, 5.41) is 3.57. The van der Waals surface area contributed by atoms with Gasteiger partial charge >= 0.3 is 0 Å². The van der Waals surface area contributed by atoms with Gasteiger partial charge in [0.05, 0.1) is 11.1 Å². The Labute approximate surface area is 106 Å². The van der Waals surface area contributed by atoms with E-state index in [0.29, 0.717) is 23.1 Å². The van der Waals surface area contributed by atoms with Crippen molar-refractivity contribution in [3.63, 3.8) is 0 Å². The summed E-state index contributed by atoms with van der Waals surface area (Å²) in [6, 6.07) is 1.87. The Kier molecular flexibility index (Phi) is 2.82. The summed E-state index contributed by atoms with van der Waals surface area (Å²) in [6.45, 7) is 7.90. The number of hydrogen-bond acceptors (Lipinski definition) is 2. The normalized spacial score (nSPS) is 17.8. The van der Waals surface area contributed by atoms with E-state index in [0.717, 1.165) is 11.1 Å². The van der Waals surface area contributed by atoms with Crippen LogP contribution in [0.4, 0.5) is 5.69 Å². The van der Waals surface area contributed by atoms with Crippen LogP contribution in [0.25, 0.3) is 0 Å². The molecular formula is C13H16ClNO2. The third kappa shape index (κ3) is 2.00. The lowest BCUT2D eigenvalue weighted by atomic mass is 9.94. The summed E-state index contributed by atoms with van der Waals surface area (Å²) >= 11 is 6.18. The van der Waals surface area contributed by atoms with Crippen molar-refractivity contribution < 1.29 is 9.53 Å². The fraction of sp³-hybridized carbons (Fsp3) is 0.462. The predicted octanol–water partition coefficient (Wildman–Crippen LogP) is 3.31. The van der Waals surface area contributed by atoms with E-state index in [9.17, 15) is 4.79 Å². The first-order valence-electron chi connectivity index (χ1n) is 5.57. The van der Waals surface area contributed by atoms with Crippen LogP contribution in [0.2, 0.25) is 5.02 Å². The number of hydrogen-bond donors (Lipinski definition) is 1. The molecule has 0 saturated carbocycles. The molecule has 0 saturated heterocycles. The molecule has 1 heterocycles. The second-order valence-electron chi connectivity index (χ2n) is 5.13. The molecule has 4 heteroatoms. The zero-order valence-electron chi connectivity index (χ0n) is 10.5. The zero-order chi connectivity index (χ0) is 12.8. The number of carbonyl (C=O) groups excluding carboxylic acids is 1. The number of nitrogens with one attached hydrogen (secondary N) is 1. The maximum atomic E-state index is 12.0. The van der Waals surface area contributed by atoms with E-state index in [2.05, 4.69) is 5.32 Å². The van der Waals surface area contributed by atoms with Gasteiger partial charge in [0.15, 0.2) is 0 Å². The van der Waals surface area contributed by atoms with Crippen LogP contribution in [0.3, 0.4) is 0 Å². The van der Waals surface area contributed by atoms with Crippen LogP contribution in [-0.4, -0.2) is 12.5 Å². The van der Waals surface area contributed by atoms with Crippen LogP contribution in [0, 0.1) is 19.3 Å². The molecule has 1 aliphatic heterocycles. The summed E-state index contributed by atoms with van der Waals surface area (Å²) in [6.07, 6.45) is 0. The lowest BCUT2D eigenvalue weighted by molar-refractivity contribution is -0.124. The average Bonchev–Trinajstić information content (AvgIpc) is 2.37. The topological polar surface area (TPSA) is 38.3 Å². The molecule has 0 aliphatic carbocycles. The van der Waals surface area contributed by atoms with Crippen molar-refractivity contribution >= 4 is 23.2 Å². The first-order valence-corrected chi connectivity index (χ1v) is 5.94. The van der Waals surface area contributed by atoms with Crippen molar-refractivity contribution in [3.8, 4) is 5.75 Å². The fourth-order valence-corrected chi connectivity index (χ4v) is 1.95. The van der Waals surface area contributed by atoms with E-state index < -0.39 is 5.41 Å². The van der Waals surface area contributed by atoms with E-state index in [1.165, 1.54) is 0 Å². The molecule has 92 valence electrons. The highest BCUT2D eigenvalue weighted by atomic mass is 35.5. The number of amides is 1. The number of anilines is 1. The summed E-state index contributed by atoms with van der Waals surface area (Å²) in [5.74, 6) is 0.655. The highest BCUT2D eigenvalue weighted by molar-refractivity contribution is 6.32. The number of benzene rings is 1. The minimum Gasteiger partial charge on any atom is -0.490 e. The first kappa shape index (κ1) is 12.2. The Morgan fingerprint density at radius 1 is 1.41 bits per heavy atom. The van der Waals surface area contributed by atoms with Gasteiger partial charge in [-0.3, -0.25) is 4.79 Å². The third-order valence-electron chi connectivity index (χ3n) is 3.09. The minimum absolute atomic E-state index is 0.0423. The number of carbonyl (C=O) groups is 1. The van der Waals surface area contributed by atoms with Crippen molar-refractivity contribution in [2.75, 3.05) is 11.9 Å². The maximum Gasteiger partial charge on any atom is 0.233 e. The number of rotatable bonds is 0. The van der Waals surface area contributed by atoms with E-state index in [-0.39, 0.29) is 5.91 Å². The Bertz CT molecular complexity index is 495. The Hall–Kier alpha value is -1.22. The zero-order valence-corrected chi connectivity index (χ0v) is 11.2. The molecule has 1 aromatic carbocycles. The molecule has 0 bridgehead atoms. The highest BCUT2D eigenvalue weighted by Gasteiger charge is 2.33. The van der Waals surface area contributed by atoms with Crippen LogP contribution in [-0.2, 0) is 4.79 Å². The van der Waals surface area contributed by atoms with Crippen LogP contribution in [0.15, 0.2) is 6.07 Å². The lowest BCUT2D eigenvalue weighted by Gasteiger charge is -2.18. The molecule has 1 aromatic rings. The van der Waals surface area contributed by atoms with Gasteiger partial charge in [0.2, 0.25) is 5.91 Å². The van der Waals surface area contributed by atoms with Crippen molar-refractivity contribution in [1.29, 1.82) is 0 Å². The van der Waals surface area contributed by atoms with Crippen molar-refractivity contribution in [2.45, 2.75) is 27.7 Å². The van der Waals surface area contributed by atoms with Crippen molar-refractivity contribution in [1.82, 2.24) is 0 Å². The van der Waals surface area contributed by atoms with Gasteiger partial charge < -0.3 is 10.1 Å². The largest absolute Gasteiger partial charge is 0.490 e. The van der Waals surface area contributed by atoms with Gasteiger partial charge in [-0.25, -0.2) is 0 Å². The Balaban J connectivity index is 2.55. The van der Waals surface area contributed by atoms with Gasteiger partial charge in [0, 0.05) is 5.02 Å². The Morgan fingerprint density at radius 2 is 2.06 bits per heavy atom. The average molecular weight is 254 g/mol. The molecule has 1 aliphatic rings. The molecule has 0 atom stereocenters. The van der Waals surface area contributed by atoms with Crippen molar-refractivity contribution in [2.24, 2.45) is 5.41 Å². The molecule has 3 nitrogen and oxygen atoms in total. The van der Waals surface area contributed by atoms with E-state index in [1.807, 2.05) is 33.8 Å². The van der Waals surface area contributed by atoms with Gasteiger partial charge in [0.1, 0.15) is 12.4 Å². The lowest BCUT2D eigenvalue weighted by Crippen LogP contribution is -2.33. The van der Waals surface area contributed by atoms with Gasteiger partial charge in [-0.1, -0.05) is 11.6 Å². The molecule has 0 unspecified atom stereocenters. The standard InChI is InChI=1S/C13H16ClNO2/c1-7-5-9-11(8(2)10(7)14)15-12(16)13(3,4)6-17-9/h5H,6H2,1-4H3,(H,15,16). The second kappa shape index (κ2) is 3.91. The SMILES string of the molecule is Cc1cc2c(c(C)c1Cl)NC(=O)C(C)(C)CO2. The molecule has 2 rings (SSSR count). The van der Waals surface area contributed by atoms with Crippen LogP contribution in [0.5, 0.6) is 5.75 Å². The quantitative estimate of drug-likeness (QED) is 0.770. The van der Waals surface area contributed by atoms with Crippen LogP contribution < -0.4 is 10.1 Å². The van der Waals surface area contributed by atoms with Gasteiger partial charge in [-0.05, 0) is 44.9 Å². The summed E-state index contributed by atoms with van der Waals surface area (Å²) in [4.78, 5) is 12.0. The molecule has 1 amide bonds. The second-order valence-corrected chi connectivity index (χ2v) is 5.51. The number of halogens is 1. The smallest absolute Gasteiger partial charge is 0.233 e. The van der Waals surface area contributed by atoms with Gasteiger partial charge in [-0.2, -0.15) is 0 Å². The number of ether oxygens (including phenoxy) is 1. The van der Waals surface area contributed by atoms with Crippen LogP contribution in [0.1, 0.15) is 25.0 Å². The monoisotopic (exact) mass is 253 g/mol. The molecule has 17 heavy (non-hydrogen) atoms. The van der Waals surface area contributed by atoms with E-state index >= 15 is 0 Å². The first-order chi connectivity index (χ1) is 7.83. The molecule has 0 fully saturated rings. The van der Waals surface area contributed by atoms with E-state index in [1.54, 1.807) is 0 Å². The minimum atomic E-state index is -0.536. The molecule has 0 aromatic heterocycles. The Morgan fingerprint density at radius 3 is 2.71 bits per heavy atom. The van der Waals surface area contributed by atoms with Gasteiger partial charge in [-0.15, -0.1) is 0 Å². The van der Waals surface area contributed by atoms with Crippen molar-refractivity contribution in [3.05, 3.63) is 22.2 Å². The molecular weight excluding hydrogens is 238 g/mol. The molecule has 1 N–H and O–H groups in total. The highest BCUT2D eigenvalue weighted by Crippen LogP contribution is 2.39. The van der Waals surface area contributed by atoms with Crippen LogP contribution >= 0.6 is 11.6 Å².